The molecule has 0 heterocycles. The Kier molecular flexibility index (Phi) is 4.76. The standard InChI is InChI=1S/C22H20O2/c1-16-10-9-15-20(17(16)2)24-22(23)21(18-11-5-3-6-12-18)19-13-7-4-8-14-19/h3-15,21H,1-2H3. The highest BCUT2D eigenvalue weighted by molar-refractivity contribution is 5.84. The van der Waals surface area contributed by atoms with Gasteiger partial charge in [0.2, 0.25) is 0 Å². The molecule has 0 aliphatic rings. The Labute approximate surface area is 142 Å². The molecular weight excluding hydrogens is 296 g/mol. The van der Waals surface area contributed by atoms with Crippen LogP contribution in [0.25, 0.3) is 0 Å². The SMILES string of the molecule is Cc1cccc(OC(=O)C(c2ccccc2)c2ccccc2)c1C. The van der Waals surface area contributed by atoms with Crippen LogP contribution in [-0.2, 0) is 4.79 Å². The molecule has 0 aliphatic heterocycles. The molecule has 0 N–H and O–H groups in total. The molecule has 3 aromatic carbocycles. The van der Waals surface area contributed by atoms with Crippen LogP contribution in [0.2, 0.25) is 0 Å². The van der Waals surface area contributed by atoms with Crippen LogP contribution in [0.5, 0.6) is 5.75 Å². The number of aryl methyl sites for hydroxylation is 1. The lowest BCUT2D eigenvalue weighted by Gasteiger charge is -2.18. The van der Waals surface area contributed by atoms with Crippen LogP contribution in [0.1, 0.15) is 28.2 Å². The van der Waals surface area contributed by atoms with Crippen molar-refractivity contribution in [3.05, 3.63) is 101 Å². The lowest BCUT2D eigenvalue weighted by Crippen LogP contribution is -2.20. The molecule has 0 saturated heterocycles. The zero-order valence-electron chi connectivity index (χ0n) is 13.9. The summed E-state index contributed by atoms with van der Waals surface area (Å²) in [6.45, 7) is 3.98. The van der Waals surface area contributed by atoms with Crippen molar-refractivity contribution < 1.29 is 9.53 Å². The van der Waals surface area contributed by atoms with Gasteiger partial charge in [-0.3, -0.25) is 4.79 Å². The van der Waals surface area contributed by atoms with E-state index in [4.69, 9.17) is 4.74 Å². The quantitative estimate of drug-likeness (QED) is 0.498. The molecule has 3 rings (SSSR count). The van der Waals surface area contributed by atoms with Gasteiger partial charge in [-0.05, 0) is 42.2 Å². The average Bonchev–Trinajstić information content (AvgIpc) is 2.61. The number of hydrogen-bond acceptors (Lipinski definition) is 2. The third-order valence-electron chi connectivity index (χ3n) is 4.27. The maximum absolute atomic E-state index is 13.0. The summed E-state index contributed by atoms with van der Waals surface area (Å²) in [6, 6.07) is 25.3. The molecule has 0 spiro atoms. The molecule has 0 amide bonds. The summed E-state index contributed by atoms with van der Waals surface area (Å²) in [5.74, 6) is -0.0784. The zero-order chi connectivity index (χ0) is 16.9. The number of carbonyl (C=O) groups is 1. The van der Waals surface area contributed by atoms with Crippen molar-refractivity contribution in [2.45, 2.75) is 19.8 Å². The van der Waals surface area contributed by atoms with E-state index in [0.29, 0.717) is 5.75 Å². The van der Waals surface area contributed by atoms with Crippen LogP contribution in [0.4, 0.5) is 0 Å². The van der Waals surface area contributed by atoms with Crippen molar-refractivity contribution >= 4 is 5.97 Å². The largest absolute Gasteiger partial charge is 0.426 e. The van der Waals surface area contributed by atoms with Crippen molar-refractivity contribution in [3.63, 3.8) is 0 Å². The Balaban J connectivity index is 1.97. The van der Waals surface area contributed by atoms with E-state index in [9.17, 15) is 4.79 Å². The fraction of sp³-hybridized carbons (Fsp3) is 0.136. The third kappa shape index (κ3) is 3.38. The Bertz CT molecular complexity index is 784. The van der Waals surface area contributed by atoms with E-state index in [-0.39, 0.29) is 5.97 Å². The molecule has 2 heteroatoms. The Hall–Kier alpha value is -2.87. The third-order valence-corrected chi connectivity index (χ3v) is 4.27. The molecule has 120 valence electrons. The summed E-state index contributed by atoms with van der Waals surface area (Å²) in [4.78, 5) is 13.0. The predicted octanol–water partition coefficient (Wildman–Crippen LogP) is 5.04. The first-order chi connectivity index (χ1) is 11.7. The highest BCUT2D eigenvalue weighted by Crippen LogP contribution is 2.28. The van der Waals surface area contributed by atoms with Gasteiger partial charge in [-0.15, -0.1) is 0 Å². The molecule has 0 atom stereocenters. The van der Waals surface area contributed by atoms with Crippen LogP contribution in [0, 0.1) is 13.8 Å². The van der Waals surface area contributed by atoms with Gasteiger partial charge in [0.15, 0.2) is 0 Å². The maximum Gasteiger partial charge on any atom is 0.323 e. The molecule has 0 bridgehead atoms. The second-order valence-electron chi connectivity index (χ2n) is 5.87. The maximum atomic E-state index is 13.0. The number of benzene rings is 3. The molecular formula is C22H20O2. The van der Waals surface area contributed by atoms with Gasteiger partial charge in [-0.25, -0.2) is 0 Å². The van der Waals surface area contributed by atoms with Crippen LogP contribution < -0.4 is 4.74 Å². The summed E-state index contributed by atoms with van der Waals surface area (Å²) in [6.07, 6.45) is 0. The van der Waals surface area contributed by atoms with Crippen LogP contribution in [0.15, 0.2) is 78.9 Å². The van der Waals surface area contributed by atoms with E-state index >= 15 is 0 Å². The normalized spacial score (nSPS) is 10.6. The average molecular weight is 316 g/mol. The minimum absolute atomic E-state index is 0.263. The number of hydrogen-bond donors (Lipinski definition) is 0. The first-order valence-electron chi connectivity index (χ1n) is 8.04. The number of esters is 1. The Morgan fingerprint density at radius 2 is 1.29 bits per heavy atom. The first kappa shape index (κ1) is 16.0. The van der Waals surface area contributed by atoms with E-state index < -0.39 is 5.92 Å². The fourth-order valence-electron chi connectivity index (χ4n) is 2.76. The van der Waals surface area contributed by atoms with Gasteiger partial charge in [0, 0.05) is 0 Å². The van der Waals surface area contributed by atoms with Gasteiger partial charge in [0.25, 0.3) is 0 Å². The number of carbonyl (C=O) groups excluding carboxylic acids is 1. The first-order valence-corrected chi connectivity index (χ1v) is 8.04. The van der Waals surface area contributed by atoms with Crippen molar-refractivity contribution in [1.29, 1.82) is 0 Å². The van der Waals surface area contributed by atoms with Gasteiger partial charge >= 0.3 is 5.97 Å². The highest BCUT2D eigenvalue weighted by Gasteiger charge is 2.25. The van der Waals surface area contributed by atoms with Gasteiger partial charge in [0.1, 0.15) is 11.7 Å². The van der Waals surface area contributed by atoms with Crippen molar-refractivity contribution in [2.75, 3.05) is 0 Å². The second kappa shape index (κ2) is 7.14. The van der Waals surface area contributed by atoms with E-state index in [0.717, 1.165) is 22.3 Å². The minimum Gasteiger partial charge on any atom is -0.426 e. The Morgan fingerprint density at radius 1 is 0.750 bits per heavy atom. The summed E-state index contributed by atoms with van der Waals surface area (Å²) in [7, 11) is 0. The van der Waals surface area contributed by atoms with E-state index in [1.54, 1.807) is 0 Å². The molecule has 0 fully saturated rings. The van der Waals surface area contributed by atoms with Gasteiger partial charge in [-0.2, -0.15) is 0 Å². The zero-order valence-corrected chi connectivity index (χ0v) is 13.9. The fourth-order valence-corrected chi connectivity index (χ4v) is 2.76. The van der Waals surface area contributed by atoms with Gasteiger partial charge in [-0.1, -0.05) is 72.8 Å². The molecule has 0 saturated carbocycles. The number of ether oxygens (including phenoxy) is 1. The highest BCUT2D eigenvalue weighted by atomic mass is 16.5. The smallest absolute Gasteiger partial charge is 0.323 e. The van der Waals surface area contributed by atoms with E-state index in [2.05, 4.69) is 0 Å². The van der Waals surface area contributed by atoms with Crippen LogP contribution >= 0.6 is 0 Å². The number of rotatable bonds is 4. The van der Waals surface area contributed by atoms with Crippen molar-refractivity contribution in [1.82, 2.24) is 0 Å². The van der Waals surface area contributed by atoms with Gasteiger partial charge in [0.05, 0.1) is 0 Å². The van der Waals surface area contributed by atoms with Crippen molar-refractivity contribution in [3.8, 4) is 5.75 Å². The van der Waals surface area contributed by atoms with E-state index in [1.807, 2.05) is 92.7 Å². The lowest BCUT2D eigenvalue weighted by atomic mass is 9.91. The molecule has 2 nitrogen and oxygen atoms in total. The van der Waals surface area contributed by atoms with Crippen LogP contribution in [0.3, 0.4) is 0 Å². The predicted molar refractivity (Wildman–Crippen MR) is 96.3 cm³/mol. The summed E-state index contributed by atoms with van der Waals surface area (Å²) >= 11 is 0. The monoisotopic (exact) mass is 316 g/mol. The molecule has 24 heavy (non-hydrogen) atoms. The summed E-state index contributed by atoms with van der Waals surface area (Å²) in [5, 5.41) is 0. The van der Waals surface area contributed by atoms with Crippen LogP contribution in [-0.4, -0.2) is 5.97 Å². The van der Waals surface area contributed by atoms with E-state index in [1.165, 1.54) is 0 Å². The summed E-state index contributed by atoms with van der Waals surface area (Å²) in [5.41, 5.74) is 3.96. The molecule has 0 aromatic heterocycles. The topological polar surface area (TPSA) is 26.3 Å². The molecule has 0 aliphatic carbocycles. The Morgan fingerprint density at radius 3 is 1.83 bits per heavy atom. The molecule has 0 unspecified atom stereocenters. The van der Waals surface area contributed by atoms with Gasteiger partial charge < -0.3 is 4.74 Å². The molecule has 3 aromatic rings. The second-order valence-corrected chi connectivity index (χ2v) is 5.87. The molecule has 0 radical (unpaired) electrons. The minimum atomic E-state index is -0.438. The lowest BCUT2D eigenvalue weighted by molar-refractivity contribution is -0.135. The summed E-state index contributed by atoms with van der Waals surface area (Å²) < 4.78 is 5.76. The van der Waals surface area contributed by atoms with Crippen molar-refractivity contribution in [2.24, 2.45) is 0 Å².